The van der Waals surface area contributed by atoms with Gasteiger partial charge in [-0.3, -0.25) is 0 Å². The van der Waals surface area contributed by atoms with Crippen LogP contribution in [0, 0.1) is 0 Å². The van der Waals surface area contributed by atoms with Gasteiger partial charge >= 0.3 is 0 Å². The maximum atomic E-state index is 6.02. The maximum absolute atomic E-state index is 6.02. The monoisotopic (exact) mass is 272 g/mol. The molecule has 2 nitrogen and oxygen atoms in total. The first kappa shape index (κ1) is 13.0. The Labute approximate surface area is 113 Å². The Morgan fingerprint density at radius 1 is 1.18 bits per heavy atom. The Bertz CT molecular complexity index is 393. The minimum absolute atomic E-state index is 0.502. The highest BCUT2D eigenvalue weighted by Crippen LogP contribution is 2.29. The van der Waals surface area contributed by atoms with Crippen LogP contribution >= 0.6 is 23.2 Å². The summed E-state index contributed by atoms with van der Waals surface area (Å²) in [6.07, 6.45) is 3.75. The van der Waals surface area contributed by atoms with E-state index in [1.165, 1.54) is 19.3 Å². The fraction of sp³-hybridized carbons (Fsp3) is 0.538. The summed E-state index contributed by atoms with van der Waals surface area (Å²) in [4.78, 5) is 2.29. The van der Waals surface area contributed by atoms with E-state index < -0.39 is 0 Å². The van der Waals surface area contributed by atoms with Crippen LogP contribution in [0.4, 0.5) is 5.69 Å². The first-order valence-corrected chi connectivity index (χ1v) is 6.71. The van der Waals surface area contributed by atoms with Crippen molar-refractivity contribution in [2.75, 3.05) is 19.4 Å². The zero-order valence-electron chi connectivity index (χ0n) is 10.2. The summed E-state index contributed by atoms with van der Waals surface area (Å²) < 4.78 is 0. The van der Waals surface area contributed by atoms with Crippen molar-refractivity contribution >= 4 is 28.9 Å². The van der Waals surface area contributed by atoms with Crippen LogP contribution in [-0.4, -0.2) is 31.1 Å². The Morgan fingerprint density at radius 2 is 1.94 bits per heavy atom. The summed E-state index contributed by atoms with van der Waals surface area (Å²) in [6.45, 7) is 0. The molecule has 1 aliphatic carbocycles. The zero-order valence-corrected chi connectivity index (χ0v) is 11.7. The number of halogens is 2. The third kappa shape index (κ3) is 3.06. The molecule has 94 valence electrons. The van der Waals surface area contributed by atoms with Crippen LogP contribution < -0.4 is 5.32 Å². The van der Waals surface area contributed by atoms with Crippen molar-refractivity contribution in [1.82, 2.24) is 4.90 Å². The summed E-state index contributed by atoms with van der Waals surface area (Å²) in [5.41, 5.74) is 1.05. The van der Waals surface area contributed by atoms with Crippen LogP contribution in [0.25, 0.3) is 0 Å². The normalized spacial score (nSPS) is 24.3. The second-order valence-corrected chi connectivity index (χ2v) is 5.66. The van der Waals surface area contributed by atoms with Gasteiger partial charge in [-0.2, -0.15) is 0 Å². The van der Waals surface area contributed by atoms with Crippen LogP contribution in [0.1, 0.15) is 19.3 Å². The Balaban J connectivity index is 2.07. The molecule has 1 aromatic rings. The Morgan fingerprint density at radius 3 is 2.59 bits per heavy atom. The van der Waals surface area contributed by atoms with Gasteiger partial charge in [0.1, 0.15) is 0 Å². The van der Waals surface area contributed by atoms with E-state index in [1.54, 1.807) is 0 Å². The number of hydrogen-bond acceptors (Lipinski definition) is 2. The largest absolute Gasteiger partial charge is 0.381 e. The summed E-state index contributed by atoms with van der Waals surface area (Å²) >= 11 is 11.9. The van der Waals surface area contributed by atoms with Crippen molar-refractivity contribution in [1.29, 1.82) is 0 Å². The van der Waals surface area contributed by atoms with Gasteiger partial charge in [0.15, 0.2) is 0 Å². The van der Waals surface area contributed by atoms with Gasteiger partial charge in [-0.25, -0.2) is 0 Å². The number of nitrogens with zero attached hydrogens (tertiary/aromatic N) is 1. The van der Waals surface area contributed by atoms with Crippen molar-refractivity contribution in [2.24, 2.45) is 0 Å². The fourth-order valence-corrected chi connectivity index (χ4v) is 2.83. The Hall–Kier alpha value is -0.440. The van der Waals surface area contributed by atoms with E-state index in [-0.39, 0.29) is 0 Å². The third-order valence-electron chi connectivity index (χ3n) is 3.41. The van der Waals surface area contributed by atoms with Gasteiger partial charge in [-0.1, -0.05) is 23.2 Å². The lowest BCUT2D eigenvalue weighted by Crippen LogP contribution is -2.39. The molecule has 0 amide bonds. The topological polar surface area (TPSA) is 15.3 Å². The SMILES string of the molecule is CN(C)[C@@H]1CCC[C@H]1Nc1ccc(Cl)c(Cl)c1. The average Bonchev–Trinajstić information content (AvgIpc) is 2.72. The lowest BCUT2D eigenvalue weighted by atomic mass is 10.1. The standard InChI is InChI=1S/C13H18Cl2N2/c1-17(2)13-5-3-4-12(13)16-9-6-7-10(14)11(15)8-9/h6-8,12-13,16H,3-5H2,1-2H3/t12-,13-/m1/s1. The van der Waals surface area contributed by atoms with E-state index in [0.29, 0.717) is 22.1 Å². The molecule has 1 fully saturated rings. The van der Waals surface area contributed by atoms with E-state index >= 15 is 0 Å². The third-order valence-corrected chi connectivity index (χ3v) is 4.15. The molecule has 0 bridgehead atoms. The predicted octanol–water partition coefficient (Wildman–Crippen LogP) is 3.89. The molecule has 1 aliphatic rings. The molecular weight excluding hydrogens is 255 g/mol. The molecule has 0 unspecified atom stereocenters. The number of rotatable bonds is 3. The number of benzene rings is 1. The van der Waals surface area contributed by atoms with Crippen LogP contribution in [-0.2, 0) is 0 Å². The molecule has 0 radical (unpaired) electrons. The summed E-state index contributed by atoms with van der Waals surface area (Å²) in [6, 6.07) is 6.83. The van der Waals surface area contributed by atoms with E-state index in [9.17, 15) is 0 Å². The highest BCUT2D eigenvalue weighted by molar-refractivity contribution is 6.42. The average molecular weight is 273 g/mol. The molecule has 17 heavy (non-hydrogen) atoms. The van der Waals surface area contributed by atoms with E-state index in [4.69, 9.17) is 23.2 Å². The van der Waals surface area contributed by atoms with Gasteiger partial charge in [0.2, 0.25) is 0 Å². The van der Waals surface area contributed by atoms with Crippen molar-refractivity contribution in [3.63, 3.8) is 0 Å². The van der Waals surface area contributed by atoms with Crippen LogP contribution in [0.15, 0.2) is 18.2 Å². The van der Waals surface area contributed by atoms with E-state index in [1.807, 2.05) is 18.2 Å². The summed E-state index contributed by atoms with van der Waals surface area (Å²) in [5.74, 6) is 0. The molecule has 1 N–H and O–H groups in total. The number of likely N-dealkylation sites (N-methyl/N-ethyl adjacent to an activating group) is 1. The van der Waals surface area contributed by atoms with Gasteiger partial charge in [0.25, 0.3) is 0 Å². The number of anilines is 1. The first-order chi connectivity index (χ1) is 8.08. The second-order valence-electron chi connectivity index (χ2n) is 4.84. The minimum Gasteiger partial charge on any atom is -0.381 e. The molecule has 0 saturated heterocycles. The molecule has 1 aromatic carbocycles. The number of nitrogens with one attached hydrogen (secondary N) is 1. The van der Waals surface area contributed by atoms with Gasteiger partial charge < -0.3 is 10.2 Å². The molecule has 2 atom stereocenters. The maximum Gasteiger partial charge on any atom is 0.0612 e. The van der Waals surface area contributed by atoms with Gasteiger partial charge in [-0.05, 0) is 51.6 Å². The van der Waals surface area contributed by atoms with E-state index in [0.717, 1.165) is 5.69 Å². The van der Waals surface area contributed by atoms with Crippen molar-refractivity contribution in [3.8, 4) is 0 Å². The second kappa shape index (κ2) is 5.47. The quantitative estimate of drug-likeness (QED) is 0.898. The van der Waals surface area contributed by atoms with Gasteiger partial charge in [-0.15, -0.1) is 0 Å². The molecule has 0 spiro atoms. The Kier molecular flexibility index (Phi) is 4.18. The summed E-state index contributed by atoms with van der Waals surface area (Å²) in [7, 11) is 4.28. The first-order valence-electron chi connectivity index (χ1n) is 5.96. The van der Waals surface area contributed by atoms with Crippen LogP contribution in [0.3, 0.4) is 0 Å². The van der Waals surface area contributed by atoms with Gasteiger partial charge in [0, 0.05) is 17.8 Å². The number of hydrogen-bond donors (Lipinski definition) is 1. The smallest absolute Gasteiger partial charge is 0.0612 e. The predicted molar refractivity (Wildman–Crippen MR) is 75.2 cm³/mol. The molecule has 0 heterocycles. The minimum atomic E-state index is 0.502. The van der Waals surface area contributed by atoms with Crippen molar-refractivity contribution in [3.05, 3.63) is 28.2 Å². The molecule has 0 aromatic heterocycles. The highest BCUT2D eigenvalue weighted by atomic mass is 35.5. The summed E-state index contributed by atoms with van der Waals surface area (Å²) in [5, 5.41) is 4.77. The molecule has 1 saturated carbocycles. The molecular formula is C13H18Cl2N2. The molecule has 0 aliphatic heterocycles. The molecule has 4 heteroatoms. The van der Waals surface area contributed by atoms with Crippen LogP contribution in [0.2, 0.25) is 10.0 Å². The van der Waals surface area contributed by atoms with E-state index in [2.05, 4.69) is 24.3 Å². The highest BCUT2D eigenvalue weighted by Gasteiger charge is 2.28. The zero-order chi connectivity index (χ0) is 12.4. The fourth-order valence-electron chi connectivity index (χ4n) is 2.53. The lowest BCUT2D eigenvalue weighted by molar-refractivity contribution is 0.285. The lowest BCUT2D eigenvalue weighted by Gasteiger charge is -2.27. The van der Waals surface area contributed by atoms with Crippen molar-refractivity contribution in [2.45, 2.75) is 31.3 Å². The molecule has 2 rings (SSSR count). The van der Waals surface area contributed by atoms with Crippen LogP contribution in [0.5, 0.6) is 0 Å². The van der Waals surface area contributed by atoms with Gasteiger partial charge in [0.05, 0.1) is 10.0 Å². The van der Waals surface area contributed by atoms with Crippen molar-refractivity contribution < 1.29 is 0 Å².